The Kier molecular flexibility index (Phi) is 5.07. The number of hydrogen-bond acceptors (Lipinski definition) is 6. The smallest absolute Gasteiger partial charge is 0.162 e. The minimum Gasteiger partial charge on any atom is -0.497 e. The molecule has 27 heavy (non-hydrogen) atoms. The van der Waals surface area contributed by atoms with E-state index in [4.69, 9.17) is 18.9 Å². The zero-order valence-electron chi connectivity index (χ0n) is 15.4. The lowest BCUT2D eigenvalue weighted by Gasteiger charge is -2.18. The SMILES string of the molecule is COc1ccc(C2N=NC=C2c2ccc(OC)c(OC3CCOC3)c2)cc1. The van der Waals surface area contributed by atoms with Crippen molar-refractivity contribution in [2.45, 2.75) is 18.6 Å². The summed E-state index contributed by atoms with van der Waals surface area (Å²) < 4.78 is 22.2. The van der Waals surface area contributed by atoms with E-state index in [-0.39, 0.29) is 12.1 Å². The third kappa shape index (κ3) is 3.66. The molecule has 0 radical (unpaired) electrons. The molecule has 2 atom stereocenters. The number of benzene rings is 2. The number of hydrogen-bond donors (Lipinski definition) is 0. The average Bonchev–Trinajstić information content (AvgIpc) is 3.40. The maximum Gasteiger partial charge on any atom is 0.162 e. The normalized spacial score (nSPS) is 21.2. The number of rotatable bonds is 6. The van der Waals surface area contributed by atoms with Crippen LogP contribution < -0.4 is 14.2 Å². The van der Waals surface area contributed by atoms with Crippen LogP contribution in [0.2, 0.25) is 0 Å². The molecule has 0 aliphatic carbocycles. The summed E-state index contributed by atoms with van der Waals surface area (Å²) in [6, 6.07) is 13.7. The Morgan fingerprint density at radius 1 is 1.00 bits per heavy atom. The molecule has 0 amide bonds. The molecule has 2 aromatic rings. The van der Waals surface area contributed by atoms with Gasteiger partial charge in [0.15, 0.2) is 11.5 Å². The second-order valence-corrected chi connectivity index (χ2v) is 6.46. The third-order valence-corrected chi connectivity index (χ3v) is 4.78. The Labute approximate surface area is 158 Å². The Morgan fingerprint density at radius 3 is 2.56 bits per heavy atom. The van der Waals surface area contributed by atoms with Crippen LogP contribution in [-0.2, 0) is 4.74 Å². The predicted molar refractivity (Wildman–Crippen MR) is 101 cm³/mol. The summed E-state index contributed by atoms with van der Waals surface area (Å²) in [6.45, 7) is 1.34. The minimum atomic E-state index is -0.146. The van der Waals surface area contributed by atoms with Gasteiger partial charge in [-0.15, -0.1) is 0 Å². The van der Waals surface area contributed by atoms with E-state index in [1.165, 1.54) is 0 Å². The quantitative estimate of drug-likeness (QED) is 0.759. The van der Waals surface area contributed by atoms with Gasteiger partial charge in [0.25, 0.3) is 0 Å². The first-order valence-corrected chi connectivity index (χ1v) is 8.95. The summed E-state index contributed by atoms with van der Waals surface area (Å²) in [5, 5.41) is 8.55. The van der Waals surface area contributed by atoms with Gasteiger partial charge in [-0.25, -0.2) is 0 Å². The van der Waals surface area contributed by atoms with E-state index in [2.05, 4.69) is 10.2 Å². The number of azo groups is 1. The summed E-state index contributed by atoms with van der Waals surface area (Å²) in [6.07, 6.45) is 2.74. The highest BCUT2D eigenvalue weighted by atomic mass is 16.6. The third-order valence-electron chi connectivity index (χ3n) is 4.78. The molecule has 2 aliphatic heterocycles. The van der Waals surface area contributed by atoms with Crippen molar-refractivity contribution in [3.63, 3.8) is 0 Å². The first kappa shape index (κ1) is 17.5. The highest BCUT2D eigenvalue weighted by Gasteiger charge is 2.24. The maximum atomic E-state index is 6.11. The molecule has 6 heteroatoms. The maximum absolute atomic E-state index is 6.11. The van der Waals surface area contributed by atoms with Crippen LogP contribution in [0.3, 0.4) is 0 Å². The van der Waals surface area contributed by atoms with Crippen LogP contribution in [0.25, 0.3) is 5.57 Å². The van der Waals surface area contributed by atoms with Gasteiger partial charge in [0, 0.05) is 12.0 Å². The monoisotopic (exact) mass is 366 g/mol. The van der Waals surface area contributed by atoms with Crippen molar-refractivity contribution < 1.29 is 18.9 Å². The zero-order valence-corrected chi connectivity index (χ0v) is 15.4. The van der Waals surface area contributed by atoms with Gasteiger partial charge in [0.1, 0.15) is 17.9 Å². The molecular weight excluding hydrogens is 344 g/mol. The predicted octanol–water partition coefficient (Wildman–Crippen LogP) is 4.42. The van der Waals surface area contributed by atoms with Crippen molar-refractivity contribution in [1.82, 2.24) is 0 Å². The topological polar surface area (TPSA) is 61.6 Å². The van der Waals surface area contributed by atoms with Crippen molar-refractivity contribution >= 4 is 5.57 Å². The Bertz CT molecular complexity index is 855. The Balaban J connectivity index is 1.61. The van der Waals surface area contributed by atoms with Crippen LogP contribution in [0, 0.1) is 0 Å². The molecule has 0 spiro atoms. The van der Waals surface area contributed by atoms with Gasteiger partial charge in [-0.2, -0.15) is 10.2 Å². The van der Waals surface area contributed by atoms with Gasteiger partial charge in [-0.3, -0.25) is 0 Å². The summed E-state index contributed by atoms with van der Waals surface area (Å²) >= 11 is 0. The zero-order chi connectivity index (χ0) is 18.6. The lowest BCUT2D eigenvalue weighted by molar-refractivity contribution is 0.138. The fourth-order valence-corrected chi connectivity index (χ4v) is 3.29. The molecule has 0 aromatic heterocycles. The van der Waals surface area contributed by atoms with Crippen molar-refractivity contribution in [1.29, 1.82) is 0 Å². The summed E-state index contributed by atoms with van der Waals surface area (Å²) in [5.41, 5.74) is 3.09. The standard InChI is InChI=1S/C21H22N2O4/c1-24-16-6-3-14(4-7-16)21-18(12-22-23-21)15-5-8-19(25-2)20(11-15)27-17-9-10-26-13-17/h3-8,11-12,17,21H,9-10,13H2,1-2H3. The molecule has 0 saturated carbocycles. The van der Waals surface area contributed by atoms with Gasteiger partial charge in [-0.05, 0) is 35.4 Å². The molecule has 1 fully saturated rings. The lowest BCUT2D eigenvalue weighted by atomic mass is 9.94. The summed E-state index contributed by atoms with van der Waals surface area (Å²) in [7, 11) is 3.30. The fraction of sp³-hybridized carbons (Fsp3) is 0.333. The molecular formula is C21H22N2O4. The molecule has 140 valence electrons. The van der Waals surface area contributed by atoms with Crippen LogP contribution in [0.1, 0.15) is 23.6 Å². The largest absolute Gasteiger partial charge is 0.497 e. The van der Waals surface area contributed by atoms with E-state index in [1.807, 2.05) is 42.5 Å². The van der Waals surface area contributed by atoms with Crippen LogP contribution in [0.5, 0.6) is 17.2 Å². The van der Waals surface area contributed by atoms with E-state index >= 15 is 0 Å². The first-order chi connectivity index (χ1) is 13.3. The van der Waals surface area contributed by atoms with Gasteiger partial charge >= 0.3 is 0 Å². The van der Waals surface area contributed by atoms with Gasteiger partial charge in [0.05, 0.1) is 33.6 Å². The van der Waals surface area contributed by atoms with Crippen molar-refractivity contribution in [3.8, 4) is 17.2 Å². The number of nitrogens with zero attached hydrogens (tertiary/aromatic N) is 2. The van der Waals surface area contributed by atoms with E-state index in [0.717, 1.165) is 35.5 Å². The number of methoxy groups -OCH3 is 2. The average molecular weight is 366 g/mol. The molecule has 2 heterocycles. The van der Waals surface area contributed by atoms with Gasteiger partial charge < -0.3 is 18.9 Å². The van der Waals surface area contributed by atoms with E-state index in [1.54, 1.807) is 20.4 Å². The van der Waals surface area contributed by atoms with Crippen molar-refractivity contribution in [3.05, 3.63) is 59.8 Å². The van der Waals surface area contributed by atoms with Crippen LogP contribution >= 0.6 is 0 Å². The summed E-state index contributed by atoms with van der Waals surface area (Å²) in [4.78, 5) is 0. The molecule has 2 aliphatic rings. The van der Waals surface area contributed by atoms with Crippen molar-refractivity contribution in [2.24, 2.45) is 10.2 Å². The van der Waals surface area contributed by atoms with Crippen LogP contribution in [-0.4, -0.2) is 33.5 Å². The lowest BCUT2D eigenvalue weighted by Crippen LogP contribution is -2.16. The highest BCUT2D eigenvalue weighted by molar-refractivity contribution is 5.74. The molecule has 0 N–H and O–H groups in total. The van der Waals surface area contributed by atoms with Gasteiger partial charge in [0.2, 0.25) is 0 Å². The molecule has 1 saturated heterocycles. The van der Waals surface area contributed by atoms with Gasteiger partial charge in [-0.1, -0.05) is 18.2 Å². The summed E-state index contributed by atoms with van der Waals surface area (Å²) in [5.74, 6) is 2.24. The van der Waals surface area contributed by atoms with Crippen LogP contribution in [0.15, 0.2) is 58.9 Å². The number of ether oxygens (including phenoxy) is 4. The molecule has 4 rings (SSSR count). The molecule has 2 unspecified atom stereocenters. The highest BCUT2D eigenvalue weighted by Crippen LogP contribution is 2.41. The molecule has 2 aromatic carbocycles. The first-order valence-electron chi connectivity index (χ1n) is 8.95. The van der Waals surface area contributed by atoms with E-state index in [9.17, 15) is 0 Å². The van der Waals surface area contributed by atoms with Crippen molar-refractivity contribution in [2.75, 3.05) is 27.4 Å². The Morgan fingerprint density at radius 2 is 1.85 bits per heavy atom. The second-order valence-electron chi connectivity index (χ2n) is 6.46. The fourth-order valence-electron chi connectivity index (χ4n) is 3.29. The van der Waals surface area contributed by atoms with E-state index in [0.29, 0.717) is 18.1 Å². The second kappa shape index (κ2) is 7.80. The Hall–Kier alpha value is -2.86. The van der Waals surface area contributed by atoms with Crippen LogP contribution in [0.4, 0.5) is 0 Å². The molecule has 0 bridgehead atoms. The van der Waals surface area contributed by atoms with E-state index < -0.39 is 0 Å². The molecule has 6 nitrogen and oxygen atoms in total. The minimum absolute atomic E-state index is 0.0541.